The van der Waals surface area contributed by atoms with Crippen LogP contribution < -0.4 is 5.69 Å². The number of ether oxygens (including phenoxy) is 1. The highest BCUT2D eigenvalue weighted by molar-refractivity contribution is 7.71. The number of rotatable bonds is 13. The third-order valence-corrected chi connectivity index (χ3v) is 5.73. The lowest BCUT2D eigenvalue weighted by Crippen LogP contribution is -2.36. The first kappa shape index (κ1) is 24.6. The molecule has 160 valence electrons. The molecule has 5 nitrogen and oxygen atoms in total. The Morgan fingerprint density at radius 2 is 1.75 bits per heavy atom. The number of aromatic nitrogens is 2. The Morgan fingerprint density at radius 3 is 2.32 bits per heavy atom. The number of esters is 1. The summed E-state index contributed by atoms with van der Waals surface area (Å²) in [6, 6.07) is 1.74. The average Bonchev–Trinajstić information content (AvgIpc) is 2.60. The van der Waals surface area contributed by atoms with Crippen molar-refractivity contribution in [2.24, 2.45) is 17.3 Å². The monoisotopic (exact) mass is 410 g/mol. The van der Waals surface area contributed by atoms with Crippen molar-refractivity contribution in [2.45, 2.75) is 86.1 Å². The number of nitrogens with zero attached hydrogens (tertiary/aromatic N) is 1. The Hall–Kier alpha value is -1.43. The molecule has 0 aromatic carbocycles. The number of unbranched alkanes of at least 4 members (excludes halogenated alkanes) is 5. The third-order valence-electron chi connectivity index (χ3n) is 5.50. The number of aryl methyl sites for hydroxylation is 1. The van der Waals surface area contributed by atoms with Crippen LogP contribution in [0.2, 0.25) is 0 Å². The van der Waals surface area contributed by atoms with E-state index >= 15 is 0 Å². The van der Waals surface area contributed by atoms with Gasteiger partial charge in [-0.1, -0.05) is 65.6 Å². The van der Waals surface area contributed by atoms with E-state index in [4.69, 9.17) is 17.0 Å². The van der Waals surface area contributed by atoms with Gasteiger partial charge in [-0.3, -0.25) is 9.78 Å². The first-order valence-electron chi connectivity index (χ1n) is 10.6. The van der Waals surface area contributed by atoms with Crippen LogP contribution in [-0.4, -0.2) is 22.1 Å². The predicted molar refractivity (Wildman–Crippen MR) is 117 cm³/mol. The third kappa shape index (κ3) is 8.29. The van der Waals surface area contributed by atoms with Crippen LogP contribution in [0.3, 0.4) is 0 Å². The van der Waals surface area contributed by atoms with Crippen LogP contribution in [0, 0.1) is 21.9 Å². The minimum absolute atomic E-state index is 0.0523. The predicted octanol–water partition coefficient (Wildman–Crippen LogP) is 5.50. The summed E-state index contributed by atoms with van der Waals surface area (Å²) in [5.41, 5.74) is -0.534. The number of carbonyl (C=O) groups excluding carboxylic acids is 1. The molecule has 0 aliphatic heterocycles. The van der Waals surface area contributed by atoms with Gasteiger partial charge in [0.1, 0.15) is 4.64 Å². The van der Waals surface area contributed by atoms with E-state index in [0.717, 1.165) is 44.9 Å². The quantitative estimate of drug-likeness (QED) is 0.265. The summed E-state index contributed by atoms with van der Waals surface area (Å²) >= 11 is 4.93. The maximum absolute atomic E-state index is 12.5. The van der Waals surface area contributed by atoms with Gasteiger partial charge in [0.2, 0.25) is 0 Å². The van der Waals surface area contributed by atoms with Gasteiger partial charge in [0.25, 0.3) is 0 Å². The maximum Gasteiger partial charge on any atom is 0.326 e. The molecule has 0 spiro atoms. The molecule has 0 fully saturated rings. The van der Waals surface area contributed by atoms with E-state index in [1.165, 1.54) is 0 Å². The Morgan fingerprint density at radius 1 is 1.14 bits per heavy atom. The standard InChI is InChI=1S/C22H38N2O3S/c1-17(2)16-22(5,18(3)4)20(25)27-15-11-9-7-6-8-10-13-24-14-12-19(28)23-21(24)26/h12,14,17-18H,6-11,13,15-16H2,1-5H3,(H,23,26,28). The van der Waals surface area contributed by atoms with E-state index in [9.17, 15) is 9.59 Å². The summed E-state index contributed by atoms with van der Waals surface area (Å²) < 4.78 is 7.73. The molecule has 1 heterocycles. The average molecular weight is 411 g/mol. The van der Waals surface area contributed by atoms with Gasteiger partial charge in [-0.15, -0.1) is 0 Å². The van der Waals surface area contributed by atoms with Crippen LogP contribution in [0.25, 0.3) is 0 Å². The zero-order chi connectivity index (χ0) is 21.2. The molecule has 1 N–H and O–H groups in total. The zero-order valence-electron chi connectivity index (χ0n) is 18.3. The molecule has 28 heavy (non-hydrogen) atoms. The minimum Gasteiger partial charge on any atom is -0.465 e. The lowest BCUT2D eigenvalue weighted by Gasteiger charge is -2.32. The molecule has 1 unspecified atom stereocenters. The van der Waals surface area contributed by atoms with Crippen molar-refractivity contribution in [1.29, 1.82) is 0 Å². The fraction of sp³-hybridized carbons (Fsp3) is 0.773. The summed E-state index contributed by atoms with van der Waals surface area (Å²) in [5, 5.41) is 0. The van der Waals surface area contributed by atoms with Crippen molar-refractivity contribution in [3.63, 3.8) is 0 Å². The summed E-state index contributed by atoms with van der Waals surface area (Å²) in [5.74, 6) is 0.696. The lowest BCUT2D eigenvalue weighted by molar-refractivity contribution is -0.159. The normalized spacial score (nSPS) is 13.7. The number of hydrogen-bond acceptors (Lipinski definition) is 4. The highest BCUT2D eigenvalue weighted by Gasteiger charge is 2.38. The Kier molecular flexibility index (Phi) is 10.7. The molecule has 1 aromatic rings. The van der Waals surface area contributed by atoms with Crippen molar-refractivity contribution in [3.05, 3.63) is 27.4 Å². The largest absolute Gasteiger partial charge is 0.465 e. The number of hydrogen-bond donors (Lipinski definition) is 1. The molecule has 1 aromatic heterocycles. The number of nitrogens with one attached hydrogen (secondary N) is 1. The van der Waals surface area contributed by atoms with Gasteiger partial charge in [-0.25, -0.2) is 4.79 Å². The van der Waals surface area contributed by atoms with Crippen LogP contribution in [0.4, 0.5) is 0 Å². The molecule has 0 bridgehead atoms. The maximum atomic E-state index is 12.5. The molecule has 0 aliphatic rings. The van der Waals surface area contributed by atoms with Crippen molar-refractivity contribution in [1.82, 2.24) is 9.55 Å². The van der Waals surface area contributed by atoms with Crippen LogP contribution >= 0.6 is 12.2 Å². The van der Waals surface area contributed by atoms with Gasteiger partial charge in [0.05, 0.1) is 12.0 Å². The number of H-pyrrole nitrogens is 1. The minimum atomic E-state index is -0.396. The van der Waals surface area contributed by atoms with E-state index in [1.54, 1.807) is 16.8 Å². The number of carbonyl (C=O) groups is 1. The molecule has 0 aliphatic carbocycles. The highest BCUT2D eigenvalue weighted by Crippen LogP contribution is 2.35. The first-order chi connectivity index (χ1) is 13.2. The van der Waals surface area contributed by atoms with E-state index < -0.39 is 5.41 Å². The smallest absolute Gasteiger partial charge is 0.326 e. The van der Waals surface area contributed by atoms with Gasteiger partial charge in [-0.2, -0.15) is 0 Å². The summed E-state index contributed by atoms with van der Waals surface area (Å²) in [6.45, 7) is 11.8. The highest BCUT2D eigenvalue weighted by atomic mass is 32.1. The van der Waals surface area contributed by atoms with Gasteiger partial charge in [0.15, 0.2) is 0 Å². The van der Waals surface area contributed by atoms with Crippen molar-refractivity contribution in [3.8, 4) is 0 Å². The molecule has 0 radical (unpaired) electrons. The molecule has 0 amide bonds. The van der Waals surface area contributed by atoms with E-state index in [0.29, 0.717) is 23.7 Å². The second-order valence-electron chi connectivity index (χ2n) is 8.73. The molecule has 1 rings (SSSR count). The van der Waals surface area contributed by atoms with Crippen molar-refractivity contribution < 1.29 is 9.53 Å². The van der Waals surface area contributed by atoms with Gasteiger partial charge >= 0.3 is 11.7 Å². The molecular weight excluding hydrogens is 372 g/mol. The molecule has 0 saturated carbocycles. The summed E-state index contributed by atoms with van der Waals surface area (Å²) in [4.78, 5) is 26.9. The van der Waals surface area contributed by atoms with E-state index in [2.05, 4.69) is 32.7 Å². The Labute approximate surface area is 174 Å². The fourth-order valence-electron chi connectivity index (χ4n) is 3.44. The Bertz CT molecular complexity index is 708. The van der Waals surface area contributed by atoms with Gasteiger partial charge in [0, 0.05) is 12.7 Å². The van der Waals surface area contributed by atoms with E-state index in [-0.39, 0.29) is 17.6 Å². The Balaban J connectivity index is 2.16. The molecule has 6 heteroatoms. The zero-order valence-corrected chi connectivity index (χ0v) is 19.1. The summed E-state index contributed by atoms with van der Waals surface area (Å²) in [7, 11) is 0. The van der Waals surface area contributed by atoms with Crippen LogP contribution in [0.5, 0.6) is 0 Å². The second kappa shape index (κ2) is 12.2. The topological polar surface area (TPSA) is 64.1 Å². The van der Waals surface area contributed by atoms with Crippen molar-refractivity contribution in [2.75, 3.05) is 6.61 Å². The first-order valence-corrected chi connectivity index (χ1v) is 11.0. The van der Waals surface area contributed by atoms with Crippen molar-refractivity contribution >= 4 is 18.2 Å². The second-order valence-corrected chi connectivity index (χ2v) is 9.17. The molecule has 0 saturated heterocycles. The van der Waals surface area contributed by atoms with Crippen LogP contribution in [0.15, 0.2) is 17.1 Å². The van der Waals surface area contributed by atoms with E-state index in [1.807, 2.05) is 6.92 Å². The summed E-state index contributed by atoms with van der Waals surface area (Å²) in [6.07, 6.45) is 8.90. The van der Waals surface area contributed by atoms with Gasteiger partial charge < -0.3 is 9.30 Å². The SMILES string of the molecule is CC(C)CC(C)(C(=O)OCCCCCCCCn1ccc(=S)[nH]c1=O)C(C)C. The van der Waals surface area contributed by atoms with Crippen LogP contribution in [0.1, 0.15) is 79.6 Å². The fourth-order valence-corrected chi connectivity index (χ4v) is 3.59. The molecular formula is C22H38N2O3S. The van der Waals surface area contributed by atoms with Crippen LogP contribution in [-0.2, 0) is 16.1 Å². The lowest BCUT2D eigenvalue weighted by atomic mass is 9.73. The molecule has 1 atom stereocenters. The van der Waals surface area contributed by atoms with Gasteiger partial charge in [-0.05, 0) is 44.1 Å². The number of aromatic amines is 1.